The topological polar surface area (TPSA) is 64.6 Å². The van der Waals surface area contributed by atoms with Gasteiger partial charge in [0, 0.05) is 25.9 Å². The number of nitrogens with one attached hydrogen (secondary N) is 1. The third kappa shape index (κ3) is 26.8. The lowest BCUT2D eigenvalue weighted by Gasteiger charge is -2.19. The molecule has 1 fully saturated rings. The van der Waals surface area contributed by atoms with E-state index in [1.807, 2.05) is 0 Å². The van der Waals surface area contributed by atoms with Crippen LogP contribution in [-0.4, -0.2) is 37.2 Å². The van der Waals surface area contributed by atoms with Gasteiger partial charge in [0.05, 0.1) is 0 Å². The molecule has 1 aliphatic heterocycles. The molecule has 0 spiro atoms. The molecule has 1 saturated heterocycles. The maximum atomic E-state index is 12.4. The molecule has 0 bridgehead atoms. The van der Waals surface area contributed by atoms with Crippen molar-refractivity contribution < 1.29 is 19.1 Å². The summed E-state index contributed by atoms with van der Waals surface area (Å²) in [7, 11) is 0. The van der Waals surface area contributed by atoms with Gasteiger partial charge in [0.2, 0.25) is 0 Å². The maximum absolute atomic E-state index is 12.4. The summed E-state index contributed by atoms with van der Waals surface area (Å²) in [4.78, 5) is 24.8. The van der Waals surface area contributed by atoms with Crippen molar-refractivity contribution in [3.8, 4) is 0 Å². The van der Waals surface area contributed by atoms with E-state index in [1.54, 1.807) is 0 Å². The average Bonchev–Trinajstić information content (AvgIpc) is 3.46. The predicted octanol–water partition coefficient (Wildman–Crippen LogP) is 11.0. The van der Waals surface area contributed by atoms with E-state index in [0.29, 0.717) is 25.9 Å². The zero-order valence-electron chi connectivity index (χ0n) is 29.3. The van der Waals surface area contributed by atoms with Crippen LogP contribution in [0.3, 0.4) is 0 Å². The molecule has 0 aromatic carbocycles. The Balaban J connectivity index is 1.98. The van der Waals surface area contributed by atoms with Crippen LogP contribution in [-0.2, 0) is 19.1 Å². The van der Waals surface area contributed by atoms with E-state index in [9.17, 15) is 9.59 Å². The monoisotopic (exact) mass is 628 g/mol. The minimum atomic E-state index is -0.371. The van der Waals surface area contributed by atoms with E-state index in [1.165, 1.54) is 77.0 Å². The first-order valence-electron chi connectivity index (χ1n) is 18.9. The second-order valence-electron chi connectivity index (χ2n) is 12.7. The second-order valence-corrected chi connectivity index (χ2v) is 12.7. The van der Waals surface area contributed by atoms with Crippen molar-refractivity contribution in [1.82, 2.24) is 5.32 Å². The molecule has 1 N–H and O–H groups in total. The average molecular weight is 628 g/mol. The molecule has 1 unspecified atom stereocenters. The van der Waals surface area contributed by atoms with E-state index < -0.39 is 0 Å². The molecular weight excluding hydrogens is 558 g/mol. The number of allylic oxidation sites excluding steroid dienone is 8. The summed E-state index contributed by atoms with van der Waals surface area (Å²) in [6.07, 6.45) is 44.0. The summed E-state index contributed by atoms with van der Waals surface area (Å²) in [6, 6.07) is 0. The molecule has 1 rings (SSSR count). The van der Waals surface area contributed by atoms with Crippen LogP contribution < -0.4 is 5.32 Å². The molecule has 5 nitrogen and oxygen atoms in total. The molecule has 45 heavy (non-hydrogen) atoms. The highest BCUT2D eigenvalue weighted by Crippen LogP contribution is 2.15. The molecule has 5 heteroatoms. The number of carbonyl (C=O) groups is 2. The van der Waals surface area contributed by atoms with Gasteiger partial charge < -0.3 is 14.8 Å². The summed E-state index contributed by atoms with van der Waals surface area (Å²) in [5, 5.41) is 3.20. The van der Waals surface area contributed by atoms with E-state index in [0.717, 1.165) is 64.2 Å². The fourth-order valence-corrected chi connectivity index (χ4v) is 5.48. The fourth-order valence-electron chi connectivity index (χ4n) is 5.48. The summed E-state index contributed by atoms with van der Waals surface area (Å²) in [5.41, 5.74) is 0. The number of hydrogen-bond donors (Lipinski definition) is 1. The van der Waals surface area contributed by atoms with Crippen LogP contribution >= 0.6 is 0 Å². The highest BCUT2D eigenvalue weighted by Gasteiger charge is 2.33. The lowest BCUT2D eigenvalue weighted by atomic mass is 10.1. The minimum absolute atomic E-state index is 0.177. The van der Waals surface area contributed by atoms with E-state index in [-0.39, 0.29) is 24.1 Å². The van der Waals surface area contributed by atoms with Gasteiger partial charge in [-0.15, -0.1) is 0 Å². The molecule has 0 aliphatic carbocycles. The zero-order valence-corrected chi connectivity index (χ0v) is 29.3. The van der Waals surface area contributed by atoms with Gasteiger partial charge >= 0.3 is 11.9 Å². The molecule has 0 amide bonds. The van der Waals surface area contributed by atoms with E-state index in [2.05, 4.69) is 67.8 Å². The summed E-state index contributed by atoms with van der Waals surface area (Å²) in [5.74, 6) is -0.353. The Morgan fingerprint density at radius 2 is 0.822 bits per heavy atom. The van der Waals surface area contributed by atoms with Crippen molar-refractivity contribution in [2.45, 2.75) is 180 Å². The Bertz CT molecular complexity index is 749. The highest BCUT2D eigenvalue weighted by atomic mass is 16.6. The molecule has 0 saturated carbocycles. The molecule has 0 aromatic rings. The Morgan fingerprint density at radius 1 is 0.489 bits per heavy atom. The third-order valence-corrected chi connectivity index (χ3v) is 8.33. The van der Waals surface area contributed by atoms with Crippen LogP contribution in [0.15, 0.2) is 48.6 Å². The normalized spacial score (nSPS) is 17.0. The Labute approximate surface area is 277 Å². The second kappa shape index (κ2) is 31.8. The first-order valence-corrected chi connectivity index (χ1v) is 18.9. The lowest BCUT2D eigenvalue weighted by Crippen LogP contribution is -2.33. The number of carbonyl (C=O) groups excluding carboxylic acids is 2. The van der Waals surface area contributed by atoms with Crippen molar-refractivity contribution >= 4 is 11.9 Å². The predicted molar refractivity (Wildman–Crippen MR) is 191 cm³/mol. The van der Waals surface area contributed by atoms with Gasteiger partial charge in [-0.2, -0.15) is 0 Å². The molecule has 0 aromatic heterocycles. The Kier molecular flexibility index (Phi) is 28.9. The SMILES string of the molecule is CCCCCC=CCC=CCCCCCCCC(=O)OC1CNC[C@H]1OC(=O)CCCCCCCC=CCC=CCCCCC. The molecule has 2 atom stereocenters. The van der Waals surface area contributed by atoms with Crippen molar-refractivity contribution in [2.24, 2.45) is 0 Å². The quantitative estimate of drug-likeness (QED) is 0.0487. The number of hydrogen-bond acceptors (Lipinski definition) is 5. The van der Waals surface area contributed by atoms with Gasteiger partial charge in [-0.1, -0.05) is 127 Å². The number of rotatable bonds is 30. The van der Waals surface area contributed by atoms with Crippen molar-refractivity contribution in [2.75, 3.05) is 13.1 Å². The van der Waals surface area contributed by atoms with Crippen molar-refractivity contribution in [1.29, 1.82) is 0 Å². The largest absolute Gasteiger partial charge is 0.457 e. The van der Waals surface area contributed by atoms with Crippen LogP contribution in [0.2, 0.25) is 0 Å². The molecular formula is C40H69NO4. The summed E-state index contributed by atoms with van der Waals surface area (Å²) < 4.78 is 11.3. The first-order chi connectivity index (χ1) is 22.2. The lowest BCUT2D eigenvalue weighted by molar-refractivity contribution is -0.164. The van der Waals surface area contributed by atoms with E-state index >= 15 is 0 Å². The molecule has 1 aliphatic rings. The smallest absolute Gasteiger partial charge is 0.306 e. The van der Waals surface area contributed by atoms with Crippen molar-refractivity contribution in [3.05, 3.63) is 48.6 Å². The van der Waals surface area contributed by atoms with Gasteiger partial charge in [-0.05, 0) is 77.0 Å². The first kappa shape index (κ1) is 40.9. The van der Waals surface area contributed by atoms with Crippen LogP contribution in [0.5, 0.6) is 0 Å². The van der Waals surface area contributed by atoms with Gasteiger partial charge in [0.25, 0.3) is 0 Å². The number of ether oxygens (including phenoxy) is 2. The van der Waals surface area contributed by atoms with Gasteiger partial charge in [0.1, 0.15) is 0 Å². The fraction of sp³-hybridized carbons (Fsp3) is 0.750. The summed E-state index contributed by atoms with van der Waals surface area (Å²) >= 11 is 0. The number of esters is 2. The summed E-state index contributed by atoms with van der Waals surface area (Å²) in [6.45, 7) is 5.59. The maximum Gasteiger partial charge on any atom is 0.306 e. The molecule has 258 valence electrons. The Hall–Kier alpha value is -2.14. The zero-order chi connectivity index (χ0) is 32.5. The van der Waals surface area contributed by atoms with Crippen molar-refractivity contribution in [3.63, 3.8) is 0 Å². The highest BCUT2D eigenvalue weighted by molar-refractivity contribution is 5.70. The van der Waals surface area contributed by atoms with Crippen LogP contribution in [0.25, 0.3) is 0 Å². The minimum Gasteiger partial charge on any atom is -0.457 e. The Morgan fingerprint density at radius 3 is 1.20 bits per heavy atom. The van der Waals surface area contributed by atoms with Gasteiger partial charge in [-0.25, -0.2) is 0 Å². The van der Waals surface area contributed by atoms with Crippen LogP contribution in [0.1, 0.15) is 168 Å². The van der Waals surface area contributed by atoms with Gasteiger partial charge in [-0.3, -0.25) is 9.59 Å². The third-order valence-electron chi connectivity index (χ3n) is 8.33. The van der Waals surface area contributed by atoms with Crippen LogP contribution in [0, 0.1) is 0 Å². The number of unbranched alkanes of at least 4 members (excludes halogenated alkanes) is 16. The standard InChI is InChI=1S/C40H69NO4/c1-3-5-7-9-11-13-15-17-19-21-23-25-27-29-31-33-39(42)44-37-35-41-36-38(37)45-40(43)34-32-30-28-26-24-22-20-18-16-14-12-10-8-6-4-2/h11-14,17-20,37-38,41H,3-10,15-16,21-36H2,1-2H3/t37-,38?/m1/s1. The van der Waals surface area contributed by atoms with Crippen LogP contribution in [0.4, 0.5) is 0 Å². The molecule has 0 radical (unpaired) electrons. The van der Waals surface area contributed by atoms with Gasteiger partial charge in [0.15, 0.2) is 12.2 Å². The van der Waals surface area contributed by atoms with E-state index in [4.69, 9.17) is 9.47 Å². The molecule has 1 heterocycles.